The summed E-state index contributed by atoms with van der Waals surface area (Å²) in [7, 11) is -1.91. The Morgan fingerprint density at radius 1 is 0.889 bits per heavy atom. The van der Waals surface area contributed by atoms with Crippen LogP contribution in [0.4, 0.5) is 4.79 Å². The second-order valence-electron chi connectivity index (χ2n) is 12.5. The lowest BCUT2D eigenvalue weighted by molar-refractivity contribution is 0.0495. The van der Waals surface area contributed by atoms with Gasteiger partial charge in [-0.15, -0.1) is 0 Å². The van der Waals surface area contributed by atoms with Crippen molar-refractivity contribution >= 4 is 14.4 Å². The Morgan fingerprint density at radius 3 is 1.92 bits per heavy atom. The van der Waals surface area contributed by atoms with E-state index in [1.165, 1.54) is 5.56 Å². The van der Waals surface area contributed by atoms with Gasteiger partial charge in [-0.2, -0.15) is 0 Å². The maximum absolute atomic E-state index is 12.7. The van der Waals surface area contributed by atoms with Crippen LogP contribution in [0.15, 0.2) is 60.7 Å². The average molecular weight is 512 g/mol. The molecule has 6 heteroatoms. The van der Waals surface area contributed by atoms with Crippen LogP contribution in [0.1, 0.15) is 52.7 Å². The SMILES string of the molecule is CC(C)(C)OC(=O)N[C@@H](Cc1ccccc1)[C@H]1O[C@@H]1[C@H](CO[Si](C)(C)C(C)(C)C)Cc1ccccc1. The summed E-state index contributed by atoms with van der Waals surface area (Å²) >= 11 is 0. The van der Waals surface area contributed by atoms with Crippen molar-refractivity contribution in [3.8, 4) is 0 Å². The molecule has 1 aliphatic rings. The van der Waals surface area contributed by atoms with Gasteiger partial charge in [-0.05, 0) is 62.9 Å². The zero-order valence-electron chi connectivity index (χ0n) is 23.3. The molecule has 1 N–H and O–H groups in total. The molecule has 36 heavy (non-hydrogen) atoms. The van der Waals surface area contributed by atoms with Gasteiger partial charge < -0.3 is 19.2 Å². The van der Waals surface area contributed by atoms with Gasteiger partial charge in [0.1, 0.15) is 11.7 Å². The standard InChI is InChI=1S/C30H45NO4Si/c1-29(2,3)35-28(32)31-25(20-23-17-13-10-14-18-23)27-26(34-27)24(19-22-15-11-9-12-16-22)21-33-36(7,8)30(4,5)6/h9-18,24-27H,19-21H2,1-8H3,(H,31,32)/t24-,25-,26+,27+/m0/s1. The van der Waals surface area contributed by atoms with Crippen molar-refractivity contribution in [1.82, 2.24) is 5.32 Å². The zero-order chi connectivity index (χ0) is 26.6. The highest BCUT2D eigenvalue weighted by Gasteiger charge is 2.50. The Kier molecular flexibility index (Phi) is 9.07. The number of benzene rings is 2. The third kappa shape index (κ3) is 8.46. The molecule has 4 atom stereocenters. The van der Waals surface area contributed by atoms with Crippen LogP contribution in [0.2, 0.25) is 18.1 Å². The second kappa shape index (κ2) is 11.5. The van der Waals surface area contributed by atoms with Crippen LogP contribution in [0, 0.1) is 5.92 Å². The lowest BCUT2D eigenvalue weighted by Crippen LogP contribution is -2.45. The Balaban J connectivity index is 1.77. The molecule has 0 bridgehead atoms. The fourth-order valence-corrected chi connectivity index (χ4v) is 5.20. The number of rotatable bonds is 10. The molecule has 0 unspecified atom stereocenters. The highest BCUT2D eigenvalue weighted by molar-refractivity contribution is 6.74. The predicted octanol–water partition coefficient (Wildman–Crippen LogP) is 6.77. The summed E-state index contributed by atoms with van der Waals surface area (Å²) in [5.41, 5.74) is 1.87. The zero-order valence-corrected chi connectivity index (χ0v) is 24.3. The van der Waals surface area contributed by atoms with Crippen molar-refractivity contribution in [2.75, 3.05) is 6.61 Å². The van der Waals surface area contributed by atoms with Gasteiger partial charge in [0.05, 0.1) is 12.1 Å². The number of amides is 1. The summed E-state index contributed by atoms with van der Waals surface area (Å²) < 4.78 is 18.6. The third-order valence-electron chi connectivity index (χ3n) is 7.23. The highest BCUT2D eigenvalue weighted by Crippen LogP contribution is 2.40. The molecule has 1 saturated heterocycles. The molecule has 3 rings (SSSR count). The van der Waals surface area contributed by atoms with Crippen molar-refractivity contribution in [1.29, 1.82) is 0 Å². The van der Waals surface area contributed by atoms with Gasteiger partial charge in [-0.25, -0.2) is 4.79 Å². The average Bonchev–Trinajstić information content (AvgIpc) is 3.56. The van der Waals surface area contributed by atoms with E-state index in [1.54, 1.807) is 0 Å². The first-order valence-corrected chi connectivity index (χ1v) is 16.0. The van der Waals surface area contributed by atoms with Gasteiger partial charge in [0.25, 0.3) is 0 Å². The monoisotopic (exact) mass is 511 g/mol. The Bertz CT molecular complexity index is 966. The van der Waals surface area contributed by atoms with E-state index < -0.39 is 20.0 Å². The smallest absolute Gasteiger partial charge is 0.407 e. The molecule has 1 aliphatic heterocycles. The van der Waals surface area contributed by atoms with Crippen LogP contribution in [-0.2, 0) is 26.7 Å². The van der Waals surface area contributed by atoms with Crippen molar-refractivity contribution in [2.24, 2.45) is 5.92 Å². The number of epoxide rings is 1. The number of hydrogen-bond donors (Lipinski definition) is 1. The second-order valence-corrected chi connectivity index (χ2v) is 17.3. The predicted molar refractivity (Wildman–Crippen MR) is 149 cm³/mol. The first-order chi connectivity index (χ1) is 16.7. The summed E-state index contributed by atoms with van der Waals surface area (Å²) in [4.78, 5) is 12.7. The lowest BCUT2D eigenvalue weighted by atomic mass is 9.92. The summed E-state index contributed by atoms with van der Waals surface area (Å²) in [6.45, 7) is 17.7. The summed E-state index contributed by atoms with van der Waals surface area (Å²) in [6.07, 6.45) is 1.08. The maximum Gasteiger partial charge on any atom is 0.407 e. The molecular weight excluding hydrogens is 466 g/mol. The Labute approximate surface area is 219 Å². The molecule has 0 saturated carbocycles. The van der Waals surface area contributed by atoms with Crippen LogP contribution < -0.4 is 5.32 Å². The lowest BCUT2D eigenvalue weighted by Gasteiger charge is -2.37. The first-order valence-electron chi connectivity index (χ1n) is 13.1. The fourth-order valence-electron chi connectivity index (χ4n) is 4.13. The van der Waals surface area contributed by atoms with Gasteiger partial charge in [0, 0.05) is 12.5 Å². The molecule has 0 aliphatic carbocycles. The minimum absolute atomic E-state index is 0.0126. The number of carbonyl (C=O) groups is 1. The van der Waals surface area contributed by atoms with E-state index in [9.17, 15) is 4.79 Å². The molecule has 1 heterocycles. The normalized spacial score (nSPS) is 19.9. The van der Waals surface area contributed by atoms with Gasteiger partial charge in [0.15, 0.2) is 8.32 Å². The number of alkyl carbamates (subject to hydrolysis) is 1. The van der Waals surface area contributed by atoms with Crippen LogP contribution >= 0.6 is 0 Å². The van der Waals surface area contributed by atoms with E-state index in [0.717, 1.165) is 12.0 Å². The third-order valence-corrected chi connectivity index (χ3v) is 11.7. The number of ether oxygens (including phenoxy) is 2. The van der Waals surface area contributed by atoms with Crippen LogP contribution in [0.25, 0.3) is 0 Å². The van der Waals surface area contributed by atoms with Gasteiger partial charge in [0.2, 0.25) is 0 Å². The van der Waals surface area contributed by atoms with Crippen LogP contribution in [0.5, 0.6) is 0 Å². The van der Waals surface area contributed by atoms with Crippen molar-refractivity contribution in [2.45, 2.75) is 96.4 Å². The molecule has 1 fully saturated rings. The summed E-state index contributed by atoms with van der Waals surface area (Å²) in [5, 5.41) is 3.25. The quantitative estimate of drug-likeness (QED) is 0.282. The topological polar surface area (TPSA) is 60.1 Å². The molecule has 0 spiro atoms. The van der Waals surface area contributed by atoms with E-state index in [0.29, 0.717) is 13.0 Å². The molecular formula is C30H45NO4Si. The van der Waals surface area contributed by atoms with E-state index in [-0.39, 0.29) is 29.2 Å². The summed E-state index contributed by atoms with van der Waals surface area (Å²) in [6, 6.07) is 20.6. The van der Waals surface area contributed by atoms with E-state index >= 15 is 0 Å². The van der Waals surface area contributed by atoms with Crippen molar-refractivity contribution < 1.29 is 18.7 Å². The fraction of sp³-hybridized carbons (Fsp3) is 0.567. The van der Waals surface area contributed by atoms with Crippen molar-refractivity contribution in [3.05, 3.63) is 71.8 Å². The molecule has 198 valence electrons. The van der Waals surface area contributed by atoms with Gasteiger partial charge in [-0.1, -0.05) is 81.4 Å². The molecule has 2 aromatic carbocycles. The number of nitrogens with one attached hydrogen (secondary N) is 1. The Morgan fingerprint density at radius 2 is 1.42 bits per heavy atom. The van der Waals surface area contributed by atoms with Crippen LogP contribution in [-0.4, -0.2) is 44.9 Å². The Hall–Kier alpha value is -2.15. The molecule has 0 aromatic heterocycles. The van der Waals surface area contributed by atoms with Gasteiger partial charge >= 0.3 is 6.09 Å². The largest absolute Gasteiger partial charge is 0.444 e. The minimum Gasteiger partial charge on any atom is -0.444 e. The number of hydrogen-bond acceptors (Lipinski definition) is 4. The van der Waals surface area contributed by atoms with Gasteiger partial charge in [-0.3, -0.25) is 0 Å². The van der Waals surface area contributed by atoms with Crippen LogP contribution in [0.3, 0.4) is 0 Å². The molecule has 2 aromatic rings. The van der Waals surface area contributed by atoms with E-state index in [4.69, 9.17) is 13.9 Å². The number of carbonyl (C=O) groups excluding carboxylic acids is 1. The highest BCUT2D eigenvalue weighted by atomic mass is 28.4. The summed E-state index contributed by atoms with van der Waals surface area (Å²) in [5.74, 6) is 0.199. The molecule has 1 amide bonds. The van der Waals surface area contributed by atoms with E-state index in [2.05, 4.69) is 75.6 Å². The maximum atomic E-state index is 12.7. The minimum atomic E-state index is -1.91. The van der Waals surface area contributed by atoms with E-state index in [1.807, 2.05) is 45.0 Å². The molecule has 0 radical (unpaired) electrons. The first kappa shape index (κ1) is 28.4. The molecule has 5 nitrogen and oxygen atoms in total. The van der Waals surface area contributed by atoms with Crippen molar-refractivity contribution in [3.63, 3.8) is 0 Å².